The normalized spacial score (nSPS) is 12.5. The van der Waals surface area contributed by atoms with Crippen LogP contribution in [0.2, 0.25) is 6.04 Å². The first kappa shape index (κ1) is 16.3. The molecule has 0 aliphatic rings. The molecule has 0 aliphatic heterocycles. The van der Waals surface area contributed by atoms with E-state index >= 15 is 0 Å². The molecule has 0 saturated heterocycles. The number of hydrogen-bond donors (Lipinski definition) is 1. The van der Waals surface area contributed by atoms with Crippen molar-refractivity contribution in [3.8, 4) is 0 Å². The molecule has 0 spiro atoms. The average molecular weight is 262 g/mol. The lowest BCUT2D eigenvalue weighted by molar-refractivity contribution is -0.133. The van der Waals surface area contributed by atoms with Crippen molar-refractivity contribution >= 4 is 14.8 Å². The van der Waals surface area contributed by atoms with Crippen LogP contribution in [0.25, 0.3) is 0 Å². The summed E-state index contributed by atoms with van der Waals surface area (Å²) in [5.41, 5.74) is -0.120. The third-order valence-electron chi connectivity index (χ3n) is 2.62. The van der Waals surface area contributed by atoms with E-state index in [0.29, 0.717) is 12.5 Å². The number of hydrogen-bond acceptors (Lipinski definition) is 4. The highest BCUT2D eigenvalue weighted by atomic mass is 28.4. The maximum Gasteiger partial charge on any atom is 0.500 e. The van der Waals surface area contributed by atoms with E-state index in [-0.39, 0.29) is 11.0 Å². The van der Waals surface area contributed by atoms with Crippen molar-refractivity contribution in [3.05, 3.63) is 12.2 Å². The second-order valence-electron chi connectivity index (χ2n) is 4.72. The first-order valence-electron chi connectivity index (χ1n) is 5.28. The SMILES string of the molecule is C=C(CC(C)(C)C[Si](OC)(OC)OC)C(=O)O. The van der Waals surface area contributed by atoms with E-state index in [1.165, 1.54) is 0 Å². The summed E-state index contributed by atoms with van der Waals surface area (Å²) >= 11 is 0. The Morgan fingerprint density at radius 1 is 1.24 bits per heavy atom. The molecule has 0 aromatic carbocycles. The van der Waals surface area contributed by atoms with Crippen molar-refractivity contribution in [3.63, 3.8) is 0 Å². The fraction of sp³-hybridized carbons (Fsp3) is 0.727. The summed E-state index contributed by atoms with van der Waals surface area (Å²) < 4.78 is 16.0. The highest BCUT2D eigenvalue weighted by Crippen LogP contribution is 2.35. The van der Waals surface area contributed by atoms with Crippen LogP contribution < -0.4 is 0 Å². The summed E-state index contributed by atoms with van der Waals surface area (Å²) in [7, 11) is 1.94. The predicted octanol–water partition coefficient (Wildman–Crippen LogP) is 1.92. The number of carboxylic acids is 1. The van der Waals surface area contributed by atoms with Crippen LogP contribution in [0.4, 0.5) is 0 Å². The van der Waals surface area contributed by atoms with Gasteiger partial charge in [0.15, 0.2) is 0 Å². The van der Waals surface area contributed by atoms with Gasteiger partial charge in [-0.15, -0.1) is 0 Å². The fourth-order valence-corrected chi connectivity index (χ4v) is 4.00. The van der Waals surface area contributed by atoms with Crippen LogP contribution in [0, 0.1) is 5.41 Å². The number of carboxylic acid groups (broad SMARTS) is 1. The van der Waals surface area contributed by atoms with E-state index in [4.69, 9.17) is 18.4 Å². The minimum Gasteiger partial charge on any atom is -0.478 e. The molecule has 6 heteroatoms. The van der Waals surface area contributed by atoms with Crippen LogP contribution in [-0.2, 0) is 18.1 Å². The van der Waals surface area contributed by atoms with Crippen molar-refractivity contribution in [2.75, 3.05) is 21.3 Å². The van der Waals surface area contributed by atoms with Crippen molar-refractivity contribution < 1.29 is 23.2 Å². The zero-order valence-corrected chi connectivity index (χ0v) is 12.2. The molecule has 0 unspecified atom stereocenters. The second kappa shape index (κ2) is 6.30. The zero-order valence-electron chi connectivity index (χ0n) is 11.2. The molecule has 0 amide bonds. The van der Waals surface area contributed by atoms with Crippen molar-refractivity contribution in [2.24, 2.45) is 5.41 Å². The summed E-state index contributed by atoms with van der Waals surface area (Å²) in [5, 5.41) is 8.83. The largest absolute Gasteiger partial charge is 0.500 e. The molecule has 17 heavy (non-hydrogen) atoms. The molecule has 0 rings (SSSR count). The molecule has 0 aromatic heterocycles. The van der Waals surface area contributed by atoms with Crippen molar-refractivity contribution in [1.82, 2.24) is 0 Å². The van der Waals surface area contributed by atoms with Gasteiger partial charge >= 0.3 is 14.8 Å². The first-order valence-corrected chi connectivity index (χ1v) is 7.21. The molecule has 0 atom stereocenters. The molecule has 0 aromatic rings. The Morgan fingerprint density at radius 2 is 1.65 bits per heavy atom. The quantitative estimate of drug-likeness (QED) is 0.535. The lowest BCUT2D eigenvalue weighted by Gasteiger charge is -2.33. The van der Waals surface area contributed by atoms with Crippen LogP contribution in [0.5, 0.6) is 0 Å². The number of aliphatic carboxylic acids is 1. The van der Waals surface area contributed by atoms with E-state index in [9.17, 15) is 4.79 Å². The van der Waals surface area contributed by atoms with Gasteiger partial charge in [0.25, 0.3) is 0 Å². The topological polar surface area (TPSA) is 65.0 Å². The maximum atomic E-state index is 10.8. The molecule has 1 N–H and O–H groups in total. The lowest BCUT2D eigenvalue weighted by atomic mass is 9.88. The van der Waals surface area contributed by atoms with E-state index in [0.717, 1.165) is 0 Å². The van der Waals surface area contributed by atoms with Crippen molar-refractivity contribution in [2.45, 2.75) is 26.3 Å². The Labute approximate surface area is 104 Å². The second-order valence-corrected chi connectivity index (χ2v) is 7.67. The summed E-state index contributed by atoms with van der Waals surface area (Å²) in [6.45, 7) is 7.43. The van der Waals surface area contributed by atoms with Gasteiger partial charge in [-0.25, -0.2) is 4.79 Å². The van der Waals surface area contributed by atoms with E-state index < -0.39 is 14.8 Å². The summed E-state index contributed by atoms with van der Waals surface area (Å²) in [4.78, 5) is 10.8. The van der Waals surface area contributed by atoms with Crippen molar-refractivity contribution in [1.29, 1.82) is 0 Å². The van der Waals surface area contributed by atoms with Gasteiger partial charge in [0.2, 0.25) is 0 Å². The van der Waals surface area contributed by atoms with Gasteiger partial charge in [-0.05, 0) is 11.8 Å². The summed E-state index contributed by atoms with van der Waals surface area (Å²) in [5.74, 6) is -0.974. The minimum absolute atomic E-state index is 0.182. The third-order valence-corrected chi connectivity index (χ3v) is 5.88. The highest BCUT2D eigenvalue weighted by Gasteiger charge is 2.43. The molecule has 0 fully saturated rings. The van der Waals surface area contributed by atoms with Gasteiger partial charge in [0.1, 0.15) is 0 Å². The monoisotopic (exact) mass is 262 g/mol. The lowest BCUT2D eigenvalue weighted by Crippen LogP contribution is -2.46. The van der Waals surface area contributed by atoms with E-state index in [2.05, 4.69) is 6.58 Å². The van der Waals surface area contributed by atoms with Crippen LogP contribution in [0.3, 0.4) is 0 Å². The van der Waals surface area contributed by atoms with Gasteiger partial charge in [-0.1, -0.05) is 20.4 Å². The minimum atomic E-state index is -2.69. The highest BCUT2D eigenvalue weighted by molar-refractivity contribution is 6.60. The zero-order chi connectivity index (χ0) is 13.7. The average Bonchev–Trinajstić information content (AvgIpc) is 2.25. The predicted molar refractivity (Wildman–Crippen MR) is 66.8 cm³/mol. The Morgan fingerprint density at radius 3 is 1.94 bits per heavy atom. The maximum absolute atomic E-state index is 10.8. The Bertz CT molecular complexity index is 275. The fourth-order valence-electron chi connectivity index (χ4n) is 1.77. The smallest absolute Gasteiger partial charge is 0.478 e. The molecule has 100 valence electrons. The van der Waals surface area contributed by atoms with Crippen LogP contribution in [0.15, 0.2) is 12.2 Å². The molecule has 0 aliphatic carbocycles. The molecule has 0 radical (unpaired) electrons. The third kappa shape index (κ3) is 4.99. The Kier molecular flexibility index (Phi) is 6.04. The van der Waals surface area contributed by atoms with Gasteiger partial charge in [0.05, 0.1) is 0 Å². The standard InChI is InChI=1S/C11H22O5Si/c1-9(10(12)13)7-11(2,3)8-17(14-4,15-5)16-6/h1,7-8H2,2-6H3,(H,12,13). The van der Waals surface area contributed by atoms with Crippen LogP contribution in [-0.4, -0.2) is 41.2 Å². The molecule has 0 heterocycles. The van der Waals surface area contributed by atoms with Crippen LogP contribution >= 0.6 is 0 Å². The number of rotatable bonds is 8. The van der Waals surface area contributed by atoms with E-state index in [1.54, 1.807) is 21.3 Å². The van der Waals surface area contributed by atoms with Crippen LogP contribution in [0.1, 0.15) is 20.3 Å². The van der Waals surface area contributed by atoms with E-state index in [1.807, 2.05) is 13.8 Å². The molecular formula is C11H22O5Si. The van der Waals surface area contributed by atoms with Gasteiger partial charge in [-0.3, -0.25) is 0 Å². The molecular weight excluding hydrogens is 240 g/mol. The Hall–Kier alpha value is -0.693. The molecule has 0 saturated carbocycles. The number of carbonyl (C=O) groups is 1. The van der Waals surface area contributed by atoms with Gasteiger partial charge in [0, 0.05) is 32.9 Å². The first-order chi connectivity index (χ1) is 7.72. The molecule has 0 bridgehead atoms. The molecule has 5 nitrogen and oxygen atoms in total. The van der Waals surface area contributed by atoms with Gasteiger partial charge in [-0.2, -0.15) is 0 Å². The van der Waals surface area contributed by atoms with Gasteiger partial charge < -0.3 is 18.4 Å². The summed E-state index contributed by atoms with van der Waals surface area (Å²) in [6, 6.07) is 0.538. The Balaban J connectivity index is 4.72. The summed E-state index contributed by atoms with van der Waals surface area (Å²) in [6.07, 6.45) is 0.368.